The van der Waals surface area contributed by atoms with E-state index in [0.717, 1.165) is 22.9 Å². The molecule has 1 fully saturated rings. The molecule has 1 atom stereocenters. The second kappa shape index (κ2) is 5.99. The first-order valence-electron chi connectivity index (χ1n) is 6.81. The van der Waals surface area contributed by atoms with Gasteiger partial charge >= 0.3 is 5.97 Å². The molecule has 0 saturated carbocycles. The minimum Gasteiger partial charge on any atom is -0.478 e. The molecule has 1 aliphatic rings. The molecule has 1 aliphatic heterocycles. The van der Waals surface area contributed by atoms with Crippen molar-refractivity contribution < 1.29 is 19.8 Å². The van der Waals surface area contributed by atoms with Gasteiger partial charge in [0.1, 0.15) is 0 Å². The Labute approximate surface area is 127 Å². The van der Waals surface area contributed by atoms with Crippen molar-refractivity contribution in [3.8, 4) is 0 Å². The van der Waals surface area contributed by atoms with Crippen LogP contribution in [0.25, 0.3) is 6.08 Å². The second-order valence-corrected chi connectivity index (χ2v) is 6.74. The first kappa shape index (κ1) is 15.7. The first-order valence-corrected chi connectivity index (χ1v) is 7.63. The van der Waals surface area contributed by atoms with Gasteiger partial charge in [0.25, 0.3) is 5.91 Å². The predicted molar refractivity (Wildman–Crippen MR) is 81.5 cm³/mol. The fraction of sp³-hybridized carbons (Fsp3) is 0.467. The molecule has 0 aliphatic carbocycles. The highest BCUT2D eigenvalue weighted by molar-refractivity contribution is 7.15. The third kappa shape index (κ3) is 3.92. The van der Waals surface area contributed by atoms with Crippen LogP contribution in [0.15, 0.2) is 12.1 Å². The van der Waals surface area contributed by atoms with Crippen molar-refractivity contribution in [1.29, 1.82) is 0 Å². The van der Waals surface area contributed by atoms with Gasteiger partial charge in [-0.2, -0.15) is 0 Å². The van der Waals surface area contributed by atoms with Gasteiger partial charge in [0.15, 0.2) is 0 Å². The third-order valence-corrected chi connectivity index (χ3v) is 4.70. The van der Waals surface area contributed by atoms with E-state index in [0.29, 0.717) is 24.4 Å². The molecular weight excluding hydrogens is 290 g/mol. The summed E-state index contributed by atoms with van der Waals surface area (Å²) in [5, 5.41) is 18.7. The Morgan fingerprint density at radius 2 is 2.19 bits per heavy atom. The van der Waals surface area contributed by atoms with E-state index in [1.807, 2.05) is 6.92 Å². The largest absolute Gasteiger partial charge is 0.478 e. The van der Waals surface area contributed by atoms with Crippen molar-refractivity contribution >= 4 is 29.3 Å². The summed E-state index contributed by atoms with van der Waals surface area (Å²) in [6.07, 6.45) is 4.06. The van der Waals surface area contributed by atoms with Gasteiger partial charge < -0.3 is 15.1 Å². The lowest BCUT2D eigenvalue weighted by Gasteiger charge is -2.36. The summed E-state index contributed by atoms with van der Waals surface area (Å²) in [5.74, 6) is -1.11. The number of carboxylic acid groups (broad SMARTS) is 1. The molecule has 2 N–H and O–H groups in total. The van der Waals surface area contributed by atoms with Gasteiger partial charge in [-0.3, -0.25) is 4.79 Å². The molecule has 21 heavy (non-hydrogen) atoms. The lowest BCUT2D eigenvalue weighted by atomic mass is 9.95. The normalized spacial score (nSPS) is 22.7. The van der Waals surface area contributed by atoms with Gasteiger partial charge in [-0.05, 0) is 44.4 Å². The van der Waals surface area contributed by atoms with E-state index >= 15 is 0 Å². The zero-order valence-electron chi connectivity index (χ0n) is 12.1. The molecule has 1 aromatic heterocycles. The fourth-order valence-corrected chi connectivity index (χ4v) is 3.51. The summed E-state index contributed by atoms with van der Waals surface area (Å²) in [5.41, 5.74) is 0.0521. The number of piperidine rings is 1. The van der Waals surface area contributed by atoms with E-state index in [1.54, 1.807) is 17.9 Å². The first-order chi connectivity index (χ1) is 9.78. The van der Waals surface area contributed by atoms with Crippen LogP contribution in [0.2, 0.25) is 0 Å². The van der Waals surface area contributed by atoms with E-state index in [4.69, 9.17) is 5.11 Å². The van der Waals surface area contributed by atoms with E-state index in [1.165, 1.54) is 17.4 Å². The quantitative estimate of drug-likeness (QED) is 0.839. The highest BCUT2D eigenvalue weighted by Crippen LogP contribution is 2.27. The smallest absolute Gasteiger partial charge is 0.328 e. The number of carbonyl (C=O) groups excluding carboxylic acids is 1. The molecule has 0 aromatic carbocycles. The standard InChI is InChI=1S/C15H19NO4S/c1-10-8-12(21-11(10)4-5-13(17)18)14(19)16-7-3-6-15(2,20)9-16/h4-5,8,20H,3,6-7,9H2,1-2H3,(H,17,18)/b5-4+. The molecule has 2 rings (SSSR count). The van der Waals surface area contributed by atoms with Crippen molar-refractivity contribution in [3.63, 3.8) is 0 Å². The Kier molecular flexibility index (Phi) is 4.49. The number of β-amino-alcohol motifs (C(OH)–C–C–N with tert-alkyl or cyclic N) is 1. The average Bonchev–Trinajstić information content (AvgIpc) is 2.75. The molecule has 6 heteroatoms. The van der Waals surface area contributed by atoms with Crippen molar-refractivity contribution in [2.24, 2.45) is 0 Å². The molecule has 1 saturated heterocycles. The highest BCUT2D eigenvalue weighted by Gasteiger charge is 2.31. The van der Waals surface area contributed by atoms with Gasteiger partial charge in [-0.1, -0.05) is 0 Å². The number of hydrogen-bond acceptors (Lipinski definition) is 4. The SMILES string of the molecule is Cc1cc(C(=O)N2CCCC(C)(O)C2)sc1/C=C/C(=O)O. The van der Waals surface area contributed by atoms with Gasteiger partial charge in [0.2, 0.25) is 0 Å². The number of aryl methyl sites for hydroxylation is 1. The Balaban J connectivity index is 2.16. The summed E-state index contributed by atoms with van der Waals surface area (Å²) in [6.45, 7) is 4.57. The Hall–Kier alpha value is -1.66. The minimum absolute atomic E-state index is 0.0990. The summed E-state index contributed by atoms with van der Waals surface area (Å²) >= 11 is 1.28. The summed E-state index contributed by atoms with van der Waals surface area (Å²) in [6, 6.07) is 1.78. The summed E-state index contributed by atoms with van der Waals surface area (Å²) < 4.78 is 0. The maximum absolute atomic E-state index is 12.5. The van der Waals surface area contributed by atoms with Crippen molar-refractivity contribution in [2.75, 3.05) is 13.1 Å². The lowest BCUT2D eigenvalue weighted by molar-refractivity contribution is -0.131. The van der Waals surface area contributed by atoms with Crippen LogP contribution < -0.4 is 0 Å². The zero-order valence-corrected chi connectivity index (χ0v) is 12.9. The van der Waals surface area contributed by atoms with Gasteiger partial charge in [0.05, 0.1) is 10.5 Å². The molecule has 0 bridgehead atoms. The number of likely N-dealkylation sites (tertiary alicyclic amines) is 1. The number of carbonyl (C=O) groups is 2. The van der Waals surface area contributed by atoms with Crippen molar-refractivity contribution in [1.82, 2.24) is 4.90 Å². The van der Waals surface area contributed by atoms with Crippen LogP contribution in [0.3, 0.4) is 0 Å². The Morgan fingerprint density at radius 1 is 1.48 bits per heavy atom. The second-order valence-electron chi connectivity index (χ2n) is 5.66. The molecule has 5 nitrogen and oxygen atoms in total. The van der Waals surface area contributed by atoms with Crippen LogP contribution in [0, 0.1) is 6.92 Å². The molecule has 114 valence electrons. The van der Waals surface area contributed by atoms with E-state index in [9.17, 15) is 14.7 Å². The maximum Gasteiger partial charge on any atom is 0.328 e. The monoisotopic (exact) mass is 309 g/mol. The number of aliphatic carboxylic acids is 1. The molecule has 1 unspecified atom stereocenters. The molecule has 0 spiro atoms. The van der Waals surface area contributed by atoms with Crippen LogP contribution in [-0.2, 0) is 4.79 Å². The predicted octanol–water partition coefficient (Wildman–Crippen LogP) is 2.14. The number of carboxylic acids is 1. The van der Waals surface area contributed by atoms with Crippen LogP contribution in [0.4, 0.5) is 0 Å². The van der Waals surface area contributed by atoms with Crippen LogP contribution in [0.5, 0.6) is 0 Å². The van der Waals surface area contributed by atoms with Gasteiger partial charge in [0, 0.05) is 24.0 Å². The number of aliphatic hydroxyl groups is 1. The summed E-state index contributed by atoms with van der Waals surface area (Å²) in [4.78, 5) is 26.0. The van der Waals surface area contributed by atoms with Crippen molar-refractivity contribution in [2.45, 2.75) is 32.3 Å². The van der Waals surface area contributed by atoms with E-state index < -0.39 is 11.6 Å². The molecule has 1 aromatic rings. The number of thiophene rings is 1. The average molecular weight is 309 g/mol. The van der Waals surface area contributed by atoms with Crippen LogP contribution in [-0.4, -0.2) is 45.7 Å². The lowest BCUT2D eigenvalue weighted by Crippen LogP contribution is -2.48. The number of nitrogens with zero attached hydrogens (tertiary/aromatic N) is 1. The van der Waals surface area contributed by atoms with Gasteiger partial charge in [-0.25, -0.2) is 4.79 Å². The fourth-order valence-electron chi connectivity index (χ4n) is 2.46. The third-order valence-electron chi connectivity index (χ3n) is 3.51. The zero-order chi connectivity index (χ0) is 15.6. The van der Waals surface area contributed by atoms with Crippen molar-refractivity contribution in [3.05, 3.63) is 27.5 Å². The van der Waals surface area contributed by atoms with Crippen LogP contribution >= 0.6 is 11.3 Å². The molecule has 2 heterocycles. The highest BCUT2D eigenvalue weighted by atomic mass is 32.1. The Morgan fingerprint density at radius 3 is 2.81 bits per heavy atom. The maximum atomic E-state index is 12.5. The van der Waals surface area contributed by atoms with E-state index in [2.05, 4.69) is 0 Å². The molecule has 0 radical (unpaired) electrons. The van der Waals surface area contributed by atoms with Crippen LogP contribution in [0.1, 0.15) is 39.9 Å². The molecule has 1 amide bonds. The summed E-state index contributed by atoms with van der Waals surface area (Å²) in [7, 11) is 0. The topological polar surface area (TPSA) is 77.8 Å². The number of hydrogen-bond donors (Lipinski definition) is 2. The number of amides is 1. The minimum atomic E-state index is -1.01. The van der Waals surface area contributed by atoms with Gasteiger partial charge in [-0.15, -0.1) is 11.3 Å². The molecular formula is C15H19NO4S. The Bertz CT molecular complexity index is 588. The number of rotatable bonds is 3. The van der Waals surface area contributed by atoms with E-state index in [-0.39, 0.29) is 5.91 Å².